The second-order valence-corrected chi connectivity index (χ2v) is 4.09. The van der Waals surface area contributed by atoms with E-state index in [1.165, 1.54) is 0 Å². The lowest BCUT2D eigenvalue weighted by Gasteiger charge is -2.34. The first-order valence-electron chi connectivity index (χ1n) is 5.43. The molecule has 5 nitrogen and oxygen atoms in total. The van der Waals surface area contributed by atoms with E-state index in [0.717, 1.165) is 0 Å². The summed E-state index contributed by atoms with van der Waals surface area (Å²) in [5.41, 5.74) is -0.518. The zero-order valence-corrected chi connectivity index (χ0v) is 10.9. The van der Waals surface area contributed by atoms with Crippen LogP contribution < -0.4 is 0 Å². The van der Waals surface area contributed by atoms with E-state index in [9.17, 15) is 4.79 Å². The van der Waals surface area contributed by atoms with E-state index < -0.39 is 11.5 Å². The molecule has 0 saturated heterocycles. The van der Waals surface area contributed by atoms with E-state index in [1.807, 2.05) is 18.7 Å². The fraction of sp³-hybridized carbons (Fsp3) is 0.750. The summed E-state index contributed by atoms with van der Waals surface area (Å²) in [7, 11) is 3.26. The second-order valence-electron chi connectivity index (χ2n) is 4.09. The highest BCUT2D eigenvalue weighted by Gasteiger charge is 2.24. The minimum Gasteiger partial charge on any atom is -0.472 e. The average molecular weight is 243 g/mol. The van der Waals surface area contributed by atoms with Gasteiger partial charge in [0.05, 0.1) is 18.8 Å². The number of hydrogen-bond donors (Lipinski definition) is 1. The lowest BCUT2D eigenvalue weighted by molar-refractivity contribution is -0.130. The largest absolute Gasteiger partial charge is 0.472 e. The van der Waals surface area contributed by atoms with Crippen LogP contribution in [0.5, 0.6) is 0 Å². The molecule has 0 saturated carbocycles. The SMILES string of the molecule is COCCN(CCOC)C(C)(C)C#CC(=O)O. The monoisotopic (exact) mass is 243 g/mol. The van der Waals surface area contributed by atoms with Crippen LogP contribution in [0.4, 0.5) is 0 Å². The first-order chi connectivity index (χ1) is 7.94. The molecule has 17 heavy (non-hydrogen) atoms. The third-order valence-corrected chi connectivity index (χ3v) is 2.40. The standard InChI is InChI=1S/C12H21NO4/c1-12(2,6-5-11(14)15)13(7-9-16-3)8-10-17-4/h7-10H2,1-4H3,(H,14,15). The number of carboxylic acid groups (broad SMARTS) is 1. The van der Waals surface area contributed by atoms with E-state index >= 15 is 0 Å². The van der Waals surface area contributed by atoms with E-state index in [2.05, 4.69) is 11.8 Å². The predicted octanol–water partition coefficient (Wildman–Crippen LogP) is 0.448. The van der Waals surface area contributed by atoms with Gasteiger partial charge in [-0.1, -0.05) is 5.92 Å². The molecule has 0 aromatic heterocycles. The summed E-state index contributed by atoms with van der Waals surface area (Å²) in [4.78, 5) is 12.5. The molecule has 0 unspecified atom stereocenters. The lowest BCUT2D eigenvalue weighted by atomic mass is 10.0. The molecule has 0 bridgehead atoms. The smallest absolute Gasteiger partial charge is 0.381 e. The maximum Gasteiger partial charge on any atom is 0.381 e. The predicted molar refractivity (Wildman–Crippen MR) is 64.8 cm³/mol. The molecule has 0 aliphatic heterocycles. The molecule has 1 N–H and O–H groups in total. The Morgan fingerprint density at radius 2 is 1.71 bits per heavy atom. The Kier molecular flexibility index (Phi) is 7.55. The third-order valence-electron chi connectivity index (χ3n) is 2.40. The number of carbonyl (C=O) groups is 1. The number of carboxylic acids is 1. The Morgan fingerprint density at radius 3 is 2.06 bits per heavy atom. The lowest BCUT2D eigenvalue weighted by Crippen LogP contribution is -2.46. The maximum absolute atomic E-state index is 10.5. The molecular formula is C12H21NO4. The van der Waals surface area contributed by atoms with Crippen molar-refractivity contribution in [1.82, 2.24) is 4.90 Å². The molecule has 98 valence electrons. The van der Waals surface area contributed by atoms with Crippen LogP contribution >= 0.6 is 0 Å². The minimum absolute atomic E-state index is 0.518. The highest BCUT2D eigenvalue weighted by atomic mass is 16.5. The maximum atomic E-state index is 10.5. The Balaban J connectivity index is 4.63. The van der Waals surface area contributed by atoms with Crippen molar-refractivity contribution in [2.75, 3.05) is 40.5 Å². The molecule has 0 heterocycles. The molecule has 0 atom stereocenters. The molecule has 0 amide bonds. The first-order valence-corrected chi connectivity index (χ1v) is 5.43. The van der Waals surface area contributed by atoms with Crippen molar-refractivity contribution in [1.29, 1.82) is 0 Å². The van der Waals surface area contributed by atoms with Crippen molar-refractivity contribution in [2.24, 2.45) is 0 Å². The number of rotatable bonds is 7. The van der Waals surface area contributed by atoms with Gasteiger partial charge in [0.2, 0.25) is 0 Å². The van der Waals surface area contributed by atoms with Crippen molar-refractivity contribution >= 4 is 5.97 Å². The number of hydrogen-bond acceptors (Lipinski definition) is 4. The van der Waals surface area contributed by atoms with Gasteiger partial charge in [0.1, 0.15) is 0 Å². The van der Waals surface area contributed by atoms with Gasteiger partial charge in [0, 0.05) is 33.2 Å². The van der Waals surface area contributed by atoms with Crippen LogP contribution in [0.25, 0.3) is 0 Å². The van der Waals surface area contributed by atoms with Crippen LogP contribution in [-0.4, -0.2) is 62.0 Å². The number of aliphatic carboxylic acids is 1. The van der Waals surface area contributed by atoms with Crippen molar-refractivity contribution < 1.29 is 19.4 Å². The molecule has 0 aromatic carbocycles. The van der Waals surface area contributed by atoms with Gasteiger partial charge in [-0.15, -0.1) is 0 Å². The van der Waals surface area contributed by atoms with Gasteiger partial charge in [0.15, 0.2) is 0 Å². The summed E-state index contributed by atoms with van der Waals surface area (Å²) in [6.45, 7) is 6.27. The molecule has 0 rings (SSSR count). The van der Waals surface area contributed by atoms with Crippen LogP contribution in [0.1, 0.15) is 13.8 Å². The van der Waals surface area contributed by atoms with E-state index in [-0.39, 0.29) is 0 Å². The Hall–Kier alpha value is -1.09. The molecule has 0 aromatic rings. The molecule has 0 fully saturated rings. The Morgan fingerprint density at radius 1 is 1.24 bits per heavy atom. The quantitative estimate of drug-likeness (QED) is 0.658. The first kappa shape index (κ1) is 15.9. The van der Waals surface area contributed by atoms with Crippen LogP contribution in [0.3, 0.4) is 0 Å². The number of methoxy groups -OCH3 is 2. The van der Waals surface area contributed by atoms with Gasteiger partial charge in [-0.2, -0.15) is 0 Å². The van der Waals surface area contributed by atoms with E-state index in [4.69, 9.17) is 14.6 Å². The zero-order chi connectivity index (χ0) is 13.3. The van der Waals surface area contributed by atoms with Gasteiger partial charge in [-0.05, 0) is 13.8 Å². The third kappa shape index (κ3) is 6.95. The summed E-state index contributed by atoms with van der Waals surface area (Å²) in [5, 5.41) is 8.57. The van der Waals surface area contributed by atoms with E-state index in [1.54, 1.807) is 14.2 Å². The van der Waals surface area contributed by atoms with Gasteiger partial charge >= 0.3 is 5.97 Å². The minimum atomic E-state index is -1.11. The van der Waals surface area contributed by atoms with Crippen LogP contribution in [0.15, 0.2) is 0 Å². The molecular weight excluding hydrogens is 222 g/mol. The molecule has 0 radical (unpaired) electrons. The fourth-order valence-corrected chi connectivity index (χ4v) is 1.36. The van der Waals surface area contributed by atoms with Gasteiger partial charge in [-0.3, -0.25) is 4.90 Å². The topological polar surface area (TPSA) is 59.0 Å². The second kappa shape index (κ2) is 8.07. The van der Waals surface area contributed by atoms with Crippen LogP contribution in [0, 0.1) is 11.8 Å². The molecule has 0 spiro atoms. The van der Waals surface area contributed by atoms with Crippen LogP contribution in [-0.2, 0) is 14.3 Å². The summed E-state index contributed by atoms with van der Waals surface area (Å²) in [5.74, 6) is 3.79. The van der Waals surface area contributed by atoms with Crippen molar-refractivity contribution in [3.63, 3.8) is 0 Å². The summed E-state index contributed by atoms with van der Waals surface area (Å²) in [6.07, 6.45) is 0. The van der Waals surface area contributed by atoms with E-state index in [0.29, 0.717) is 26.3 Å². The van der Waals surface area contributed by atoms with Gasteiger partial charge < -0.3 is 14.6 Å². The van der Waals surface area contributed by atoms with Crippen molar-refractivity contribution in [3.05, 3.63) is 0 Å². The van der Waals surface area contributed by atoms with Gasteiger partial charge in [-0.25, -0.2) is 4.79 Å². The summed E-state index contributed by atoms with van der Waals surface area (Å²) < 4.78 is 10.1. The molecule has 5 heteroatoms. The van der Waals surface area contributed by atoms with Crippen molar-refractivity contribution in [2.45, 2.75) is 19.4 Å². The zero-order valence-electron chi connectivity index (χ0n) is 10.9. The van der Waals surface area contributed by atoms with Gasteiger partial charge in [0.25, 0.3) is 0 Å². The van der Waals surface area contributed by atoms with Crippen LogP contribution in [0.2, 0.25) is 0 Å². The van der Waals surface area contributed by atoms with Crippen molar-refractivity contribution in [3.8, 4) is 11.8 Å². The Labute approximate surface area is 103 Å². The molecule has 0 aliphatic rings. The summed E-state index contributed by atoms with van der Waals surface area (Å²) in [6, 6.07) is 0. The number of ether oxygens (including phenoxy) is 2. The highest BCUT2D eigenvalue weighted by molar-refractivity contribution is 5.86. The number of nitrogens with zero attached hydrogens (tertiary/aromatic N) is 1. The summed E-state index contributed by atoms with van der Waals surface area (Å²) >= 11 is 0. The highest BCUT2D eigenvalue weighted by Crippen LogP contribution is 2.12. The normalized spacial score (nSPS) is 11.1. The molecule has 0 aliphatic carbocycles. The Bertz CT molecular complexity index is 283. The fourth-order valence-electron chi connectivity index (χ4n) is 1.36. The average Bonchev–Trinajstić information content (AvgIpc) is 2.26.